The predicted molar refractivity (Wildman–Crippen MR) is 119 cm³/mol. The van der Waals surface area contributed by atoms with Crippen LogP contribution < -0.4 is 5.32 Å². The Morgan fingerprint density at radius 1 is 1.21 bits per heavy atom. The van der Waals surface area contributed by atoms with Gasteiger partial charge < -0.3 is 5.32 Å². The summed E-state index contributed by atoms with van der Waals surface area (Å²) in [5, 5.41) is 3.59. The van der Waals surface area contributed by atoms with Crippen molar-refractivity contribution in [3.05, 3.63) is 58.6 Å². The lowest BCUT2D eigenvalue weighted by Gasteiger charge is -2.19. The van der Waals surface area contributed by atoms with Crippen molar-refractivity contribution in [2.24, 2.45) is 0 Å². The minimum atomic E-state index is -3.65. The highest BCUT2D eigenvalue weighted by atomic mass is 35.5. The second-order valence-electron chi connectivity index (χ2n) is 6.07. The van der Waals surface area contributed by atoms with Crippen molar-refractivity contribution in [3.8, 4) is 0 Å². The van der Waals surface area contributed by atoms with Crippen molar-refractivity contribution in [3.63, 3.8) is 0 Å². The van der Waals surface area contributed by atoms with Gasteiger partial charge in [-0.2, -0.15) is 4.31 Å². The van der Waals surface area contributed by atoms with Crippen molar-refractivity contribution in [2.45, 2.75) is 18.7 Å². The molecule has 1 N–H and O–H groups in total. The predicted octanol–water partition coefficient (Wildman–Crippen LogP) is 4.63. The van der Waals surface area contributed by atoms with Crippen LogP contribution in [0.5, 0.6) is 0 Å². The molecular weight excluding hydrogens is 430 g/mol. The summed E-state index contributed by atoms with van der Waals surface area (Å²) in [5.74, 6) is -0.427. The normalized spacial score (nSPS) is 12.1. The zero-order valence-electron chi connectivity index (χ0n) is 15.9. The molecule has 9 heteroatoms. The lowest BCUT2D eigenvalue weighted by Crippen LogP contribution is -2.30. The molecule has 1 heterocycles. The van der Waals surface area contributed by atoms with Crippen LogP contribution in [0, 0.1) is 0 Å². The Balaban J connectivity index is 1.79. The first-order valence-corrected chi connectivity index (χ1v) is 11.6. The number of nitrogens with zero attached hydrogens (tertiary/aromatic N) is 2. The molecule has 6 nitrogen and oxygen atoms in total. The molecule has 0 spiro atoms. The van der Waals surface area contributed by atoms with E-state index in [1.807, 2.05) is 24.3 Å². The summed E-state index contributed by atoms with van der Waals surface area (Å²) in [5.41, 5.74) is 1.11. The van der Waals surface area contributed by atoms with E-state index in [2.05, 4.69) is 10.3 Å². The first kappa shape index (κ1) is 21.4. The van der Waals surface area contributed by atoms with Crippen LogP contribution in [0.15, 0.2) is 53.4 Å². The Hall–Kier alpha value is -2.26. The van der Waals surface area contributed by atoms with Crippen LogP contribution in [0.25, 0.3) is 16.3 Å². The number of carbonyl (C=O) groups excluding carboxylic acids is 1. The maximum absolute atomic E-state index is 12.7. The zero-order valence-corrected chi connectivity index (χ0v) is 18.3. The van der Waals surface area contributed by atoms with Gasteiger partial charge in [-0.1, -0.05) is 37.6 Å². The van der Waals surface area contributed by atoms with Gasteiger partial charge in [0.2, 0.25) is 15.9 Å². The molecule has 152 valence electrons. The van der Waals surface area contributed by atoms with E-state index < -0.39 is 15.9 Å². The molecule has 29 heavy (non-hydrogen) atoms. The molecule has 0 unspecified atom stereocenters. The van der Waals surface area contributed by atoms with E-state index in [1.54, 1.807) is 19.9 Å². The van der Waals surface area contributed by atoms with Crippen LogP contribution in [0.4, 0.5) is 5.69 Å². The van der Waals surface area contributed by atoms with Crippen molar-refractivity contribution in [2.75, 3.05) is 18.4 Å². The van der Waals surface area contributed by atoms with Gasteiger partial charge in [-0.15, -0.1) is 11.3 Å². The number of rotatable bonds is 7. The lowest BCUT2D eigenvalue weighted by atomic mass is 10.3. The van der Waals surface area contributed by atoms with Gasteiger partial charge in [-0.25, -0.2) is 13.4 Å². The molecule has 0 aliphatic carbocycles. The first-order chi connectivity index (χ1) is 13.8. The highest BCUT2D eigenvalue weighted by molar-refractivity contribution is 7.89. The van der Waals surface area contributed by atoms with Gasteiger partial charge >= 0.3 is 0 Å². The van der Waals surface area contributed by atoms with Gasteiger partial charge in [0.1, 0.15) is 5.01 Å². The largest absolute Gasteiger partial charge is 0.321 e. The summed E-state index contributed by atoms with van der Waals surface area (Å²) >= 11 is 7.62. The van der Waals surface area contributed by atoms with Crippen molar-refractivity contribution < 1.29 is 13.2 Å². The minimum Gasteiger partial charge on any atom is -0.321 e. The number of para-hydroxylation sites is 1. The maximum atomic E-state index is 12.7. The molecule has 1 aromatic heterocycles. The topological polar surface area (TPSA) is 79.4 Å². The fourth-order valence-electron chi connectivity index (χ4n) is 2.76. The Morgan fingerprint density at radius 2 is 1.93 bits per heavy atom. The summed E-state index contributed by atoms with van der Waals surface area (Å²) in [6.45, 7) is 4.25. The molecule has 0 aliphatic rings. The minimum absolute atomic E-state index is 0.0797. The Kier molecular flexibility index (Phi) is 6.69. The highest BCUT2D eigenvalue weighted by Crippen LogP contribution is 2.27. The molecule has 0 saturated heterocycles. The van der Waals surface area contributed by atoms with Gasteiger partial charge in [0, 0.05) is 19.2 Å². The van der Waals surface area contributed by atoms with E-state index in [-0.39, 0.29) is 15.6 Å². The molecule has 0 bridgehead atoms. The van der Waals surface area contributed by atoms with Gasteiger partial charge in [-0.05, 0) is 36.4 Å². The second kappa shape index (κ2) is 9.04. The molecule has 0 aliphatic heterocycles. The van der Waals surface area contributed by atoms with E-state index in [1.165, 1.54) is 39.9 Å². The van der Waals surface area contributed by atoms with Crippen molar-refractivity contribution >= 4 is 60.8 Å². The SMILES string of the molecule is CCN(CC)S(=O)(=O)c1ccc(Cl)c(NC(=O)/C=C/c2nc3ccccc3s2)c1. The van der Waals surface area contributed by atoms with Gasteiger partial charge in [0.05, 0.1) is 25.8 Å². The molecule has 2 aromatic carbocycles. The average Bonchev–Trinajstić information content (AvgIpc) is 3.12. The van der Waals surface area contributed by atoms with E-state index in [4.69, 9.17) is 11.6 Å². The van der Waals surface area contributed by atoms with E-state index >= 15 is 0 Å². The Morgan fingerprint density at radius 3 is 2.62 bits per heavy atom. The molecule has 0 fully saturated rings. The fraction of sp³-hybridized carbons (Fsp3) is 0.200. The molecule has 0 atom stereocenters. The van der Waals surface area contributed by atoms with E-state index in [0.29, 0.717) is 18.1 Å². The van der Waals surface area contributed by atoms with Gasteiger partial charge in [-0.3, -0.25) is 4.79 Å². The smallest absolute Gasteiger partial charge is 0.248 e. The summed E-state index contributed by atoms with van der Waals surface area (Å²) in [7, 11) is -3.65. The maximum Gasteiger partial charge on any atom is 0.248 e. The quantitative estimate of drug-likeness (QED) is 0.533. The van der Waals surface area contributed by atoms with Crippen LogP contribution in [-0.2, 0) is 14.8 Å². The lowest BCUT2D eigenvalue weighted by molar-refractivity contribution is -0.111. The number of hydrogen-bond donors (Lipinski definition) is 1. The van der Waals surface area contributed by atoms with Crippen LogP contribution in [0.3, 0.4) is 0 Å². The number of sulfonamides is 1. The summed E-state index contributed by atoms with van der Waals surface area (Å²) in [4.78, 5) is 16.8. The summed E-state index contributed by atoms with van der Waals surface area (Å²) in [6, 6.07) is 12.0. The summed E-state index contributed by atoms with van der Waals surface area (Å²) in [6.07, 6.45) is 2.96. The zero-order chi connectivity index (χ0) is 21.0. The standard InChI is InChI=1S/C20H20ClN3O3S2/c1-3-24(4-2)29(26,27)14-9-10-15(21)17(13-14)22-19(25)11-12-20-23-16-7-5-6-8-18(16)28-20/h5-13H,3-4H2,1-2H3,(H,22,25)/b12-11+. The van der Waals surface area contributed by atoms with Crippen LogP contribution >= 0.6 is 22.9 Å². The molecule has 0 saturated carbocycles. The molecule has 1 amide bonds. The van der Waals surface area contributed by atoms with E-state index in [0.717, 1.165) is 10.2 Å². The van der Waals surface area contributed by atoms with Gasteiger partial charge in [0.15, 0.2) is 0 Å². The fourth-order valence-corrected chi connectivity index (χ4v) is 5.28. The number of thiazole rings is 1. The van der Waals surface area contributed by atoms with Crippen molar-refractivity contribution in [1.82, 2.24) is 9.29 Å². The number of carbonyl (C=O) groups is 1. The van der Waals surface area contributed by atoms with Crippen LogP contribution in [0.2, 0.25) is 5.02 Å². The second-order valence-corrected chi connectivity index (χ2v) is 9.48. The molecule has 3 aromatic rings. The number of hydrogen-bond acceptors (Lipinski definition) is 5. The Labute approximate surface area is 178 Å². The number of benzene rings is 2. The van der Waals surface area contributed by atoms with Gasteiger partial charge in [0.25, 0.3) is 0 Å². The molecular formula is C20H20ClN3O3S2. The first-order valence-electron chi connectivity index (χ1n) is 8.99. The summed E-state index contributed by atoms with van der Waals surface area (Å²) < 4.78 is 27.8. The monoisotopic (exact) mass is 449 g/mol. The third kappa shape index (κ3) is 4.84. The van der Waals surface area contributed by atoms with E-state index in [9.17, 15) is 13.2 Å². The number of amides is 1. The average molecular weight is 450 g/mol. The number of halogens is 1. The van der Waals surface area contributed by atoms with Crippen molar-refractivity contribution in [1.29, 1.82) is 0 Å². The van der Waals surface area contributed by atoms with Crippen LogP contribution in [0.1, 0.15) is 18.9 Å². The number of aromatic nitrogens is 1. The Bertz CT molecular complexity index is 1140. The van der Waals surface area contributed by atoms with Crippen LogP contribution in [-0.4, -0.2) is 36.7 Å². The molecule has 0 radical (unpaired) electrons. The third-order valence-electron chi connectivity index (χ3n) is 4.23. The third-order valence-corrected chi connectivity index (χ3v) is 7.60. The molecule has 3 rings (SSSR count). The number of fused-ring (bicyclic) bond motifs is 1. The number of anilines is 1. The highest BCUT2D eigenvalue weighted by Gasteiger charge is 2.22. The number of nitrogens with one attached hydrogen (secondary N) is 1.